The van der Waals surface area contributed by atoms with Crippen molar-refractivity contribution in [2.45, 2.75) is 38.5 Å². The van der Waals surface area contributed by atoms with Crippen molar-refractivity contribution < 1.29 is 13.3 Å². The third kappa shape index (κ3) is 5.62. The summed E-state index contributed by atoms with van der Waals surface area (Å²) in [4.78, 5) is 32.7. The molecule has 9 nitrogen and oxygen atoms in total. The molecule has 29 heavy (non-hydrogen) atoms. The molecule has 2 aromatic rings. The van der Waals surface area contributed by atoms with E-state index < -0.39 is 20.9 Å². The van der Waals surface area contributed by atoms with E-state index in [4.69, 9.17) is 4.84 Å². The minimum Gasteiger partial charge on any atom is -0.380 e. The predicted octanol–water partition coefficient (Wildman–Crippen LogP) is 1.75. The maximum absolute atomic E-state index is 12.2. The van der Waals surface area contributed by atoms with Crippen LogP contribution in [0.15, 0.2) is 34.1 Å². The molecule has 0 bridgehead atoms. The number of hydrogen-bond donors (Lipinski definition) is 2. The first kappa shape index (κ1) is 21.4. The van der Waals surface area contributed by atoms with Gasteiger partial charge in [-0.15, -0.1) is 0 Å². The van der Waals surface area contributed by atoms with E-state index in [1.165, 1.54) is 0 Å². The fourth-order valence-corrected chi connectivity index (χ4v) is 4.55. The first-order chi connectivity index (χ1) is 14.0. The molecule has 1 aromatic carbocycles. The van der Waals surface area contributed by atoms with E-state index >= 15 is 0 Å². The van der Waals surface area contributed by atoms with Gasteiger partial charge < -0.3 is 10.6 Å². The van der Waals surface area contributed by atoms with Gasteiger partial charge in [-0.25, -0.2) is 8.42 Å². The van der Waals surface area contributed by atoms with Crippen LogP contribution in [0.1, 0.15) is 38.5 Å². The molecule has 1 saturated heterocycles. The molecule has 2 N–H and O–H groups in total. The van der Waals surface area contributed by atoms with Crippen LogP contribution in [-0.2, 0) is 14.9 Å². The van der Waals surface area contributed by atoms with Crippen LogP contribution in [0.25, 0.3) is 0 Å². The molecule has 1 aromatic heterocycles. The third-order valence-corrected chi connectivity index (χ3v) is 6.48. The lowest BCUT2D eigenvalue weighted by atomic mass is 10.1. The molecule has 10 heteroatoms. The van der Waals surface area contributed by atoms with Gasteiger partial charge in [-0.3, -0.25) is 19.4 Å². The van der Waals surface area contributed by atoms with Gasteiger partial charge in [0.2, 0.25) is 10.0 Å². The molecule has 158 valence electrons. The third-order valence-electron chi connectivity index (χ3n) is 4.77. The lowest BCUT2D eigenvalue weighted by Crippen LogP contribution is -2.37. The van der Waals surface area contributed by atoms with Gasteiger partial charge in [0.05, 0.1) is 12.4 Å². The zero-order chi connectivity index (χ0) is 20.7. The van der Waals surface area contributed by atoms with Crippen molar-refractivity contribution >= 4 is 27.1 Å². The largest absolute Gasteiger partial charge is 0.380 e. The van der Waals surface area contributed by atoms with Gasteiger partial charge in [-0.1, -0.05) is 17.3 Å². The number of pyridine rings is 1. The van der Waals surface area contributed by atoms with Crippen molar-refractivity contribution in [3.63, 3.8) is 0 Å². The van der Waals surface area contributed by atoms with E-state index in [9.17, 15) is 18.0 Å². The lowest BCUT2D eigenvalue weighted by molar-refractivity contribution is -0.108. The summed E-state index contributed by atoms with van der Waals surface area (Å²) >= 11 is 0. The van der Waals surface area contributed by atoms with Crippen LogP contribution < -0.4 is 21.5 Å². The van der Waals surface area contributed by atoms with Crippen LogP contribution in [0.3, 0.4) is 0 Å². The monoisotopic (exact) mass is 422 g/mol. The molecular weight excluding hydrogens is 396 g/mol. The summed E-state index contributed by atoms with van der Waals surface area (Å²) < 4.78 is 25.5. The molecule has 1 aliphatic heterocycles. The molecule has 0 spiro atoms. The molecule has 0 unspecified atom stereocenters. The lowest BCUT2D eigenvalue weighted by Gasteiger charge is -2.25. The Balaban J connectivity index is 1.36. The maximum atomic E-state index is 12.2. The number of rotatable bonds is 11. The summed E-state index contributed by atoms with van der Waals surface area (Å²) in [6, 6.07) is 3.42. The minimum atomic E-state index is -3.34. The normalized spacial score (nSPS) is 15.4. The van der Waals surface area contributed by atoms with Crippen LogP contribution in [-0.4, -0.2) is 43.3 Å². The summed E-state index contributed by atoms with van der Waals surface area (Å²) in [5, 5.41) is 5.95. The first-order valence-corrected chi connectivity index (χ1v) is 11.5. The number of hydroxylamine groups is 1. The highest BCUT2D eigenvalue weighted by molar-refractivity contribution is 7.88. The topological polar surface area (TPSA) is 118 Å². The molecule has 0 atom stereocenters. The average molecular weight is 423 g/mol. The first-order valence-electron chi connectivity index (χ1n) is 9.86. The Hall–Kier alpha value is -2.30. The number of sulfonamides is 1. The number of nitrogens with zero attached hydrogens (tertiary/aromatic N) is 2. The van der Waals surface area contributed by atoms with Gasteiger partial charge in [-0.2, -0.15) is 0 Å². The minimum absolute atomic E-state index is 0.0819. The Morgan fingerprint density at radius 3 is 2.45 bits per heavy atom. The Morgan fingerprint density at radius 1 is 1.00 bits per heavy atom. The van der Waals surface area contributed by atoms with E-state index in [1.807, 2.05) is 0 Å². The molecule has 3 rings (SSSR count). The molecule has 0 aliphatic carbocycles. The summed E-state index contributed by atoms with van der Waals surface area (Å²) in [7, 11) is -3.34. The maximum Gasteiger partial charge on any atom is 0.253 e. The van der Waals surface area contributed by atoms with Crippen molar-refractivity contribution in [2.24, 2.45) is 0 Å². The Kier molecular flexibility index (Phi) is 7.34. The van der Waals surface area contributed by atoms with Crippen molar-refractivity contribution in [1.82, 2.24) is 9.45 Å². The second-order valence-corrected chi connectivity index (χ2v) is 8.97. The average Bonchev–Trinajstić information content (AvgIpc) is 2.75. The summed E-state index contributed by atoms with van der Waals surface area (Å²) in [5.74, 6) is 0.0819. The SMILES string of the molecule is O=c1c(NCCCCCCS(=O)(=O)N2CCCCO2)c(Nc2ccncc2)c1=O. The van der Waals surface area contributed by atoms with Crippen LogP contribution in [0, 0.1) is 0 Å². The summed E-state index contributed by atoms with van der Waals surface area (Å²) in [6.07, 6.45) is 7.85. The summed E-state index contributed by atoms with van der Waals surface area (Å²) in [5.41, 5.74) is 0.211. The van der Waals surface area contributed by atoms with Gasteiger partial charge in [0.25, 0.3) is 10.9 Å². The second kappa shape index (κ2) is 9.95. The number of aromatic nitrogens is 1. The van der Waals surface area contributed by atoms with E-state index in [2.05, 4.69) is 15.6 Å². The van der Waals surface area contributed by atoms with Crippen LogP contribution in [0.5, 0.6) is 0 Å². The zero-order valence-corrected chi connectivity index (χ0v) is 17.0. The summed E-state index contributed by atoms with van der Waals surface area (Å²) in [6.45, 7) is 1.43. The van der Waals surface area contributed by atoms with Crippen LogP contribution >= 0.6 is 0 Å². The highest BCUT2D eigenvalue weighted by atomic mass is 32.2. The number of unbranched alkanes of at least 4 members (excludes halogenated alkanes) is 3. The van der Waals surface area contributed by atoms with Crippen molar-refractivity contribution in [3.05, 3.63) is 45.0 Å². The van der Waals surface area contributed by atoms with Gasteiger partial charge in [0.15, 0.2) is 0 Å². The van der Waals surface area contributed by atoms with E-state index in [0.29, 0.717) is 37.5 Å². The number of anilines is 3. The van der Waals surface area contributed by atoms with E-state index in [1.54, 1.807) is 24.5 Å². The highest BCUT2D eigenvalue weighted by Crippen LogP contribution is 2.20. The zero-order valence-electron chi connectivity index (χ0n) is 16.2. The van der Waals surface area contributed by atoms with Crippen LogP contribution in [0.2, 0.25) is 0 Å². The molecule has 1 fully saturated rings. The van der Waals surface area contributed by atoms with Crippen molar-refractivity contribution in [1.29, 1.82) is 0 Å². The molecule has 2 heterocycles. The van der Waals surface area contributed by atoms with Gasteiger partial charge in [0.1, 0.15) is 11.4 Å². The Bertz CT molecular complexity index is 964. The smallest absolute Gasteiger partial charge is 0.253 e. The second-order valence-electron chi connectivity index (χ2n) is 6.99. The number of hydrogen-bond acceptors (Lipinski definition) is 8. The quantitative estimate of drug-likeness (QED) is 0.415. The van der Waals surface area contributed by atoms with Gasteiger partial charge >= 0.3 is 0 Å². The van der Waals surface area contributed by atoms with Gasteiger partial charge in [0, 0.05) is 31.2 Å². The van der Waals surface area contributed by atoms with E-state index in [-0.39, 0.29) is 11.4 Å². The predicted molar refractivity (Wildman–Crippen MR) is 112 cm³/mol. The van der Waals surface area contributed by atoms with Crippen molar-refractivity contribution in [3.8, 4) is 0 Å². The molecule has 1 aliphatic rings. The Morgan fingerprint density at radius 2 is 1.72 bits per heavy atom. The number of nitrogens with one attached hydrogen (secondary N) is 2. The fraction of sp³-hybridized carbons (Fsp3) is 0.526. The molecule has 0 radical (unpaired) electrons. The fourth-order valence-electron chi connectivity index (χ4n) is 3.13. The van der Waals surface area contributed by atoms with E-state index in [0.717, 1.165) is 36.6 Å². The molecule has 0 amide bonds. The van der Waals surface area contributed by atoms with Crippen LogP contribution in [0.4, 0.5) is 17.1 Å². The van der Waals surface area contributed by atoms with Gasteiger partial charge in [-0.05, 0) is 37.8 Å². The molecule has 0 saturated carbocycles. The van der Waals surface area contributed by atoms with Crippen molar-refractivity contribution in [2.75, 3.05) is 36.1 Å². The molecular formula is C19H26N4O5S. The Labute approximate surface area is 169 Å². The standard InChI is InChI=1S/C19H26N4O5S/c24-18-16(17(19(18)25)22-15-7-10-20-11-8-15)21-9-3-1-2-6-14-29(26,27)23-12-4-5-13-28-23/h7-8,10-11,21H,1-6,9,12-14H2,(H,20,22). The highest BCUT2D eigenvalue weighted by Gasteiger charge is 2.24.